The summed E-state index contributed by atoms with van der Waals surface area (Å²) in [7, 11) is 0. The van der Waals surface area contributed by atoms with E-state index in [9.17, 15) is 4.79 Å². The van der Waals surface area contributed by atoms with Crippen LogP contribution in [0.2, 0.25) is 0 Å². The molecule has 2 saturated heterocycles. The Morgan fingerprint density at radius 2 is 2.12 bits per heavy atom. The zero-order valence-corrected chi connectivity index (χ0v) is 14.7. The number of hydrogen-bond donors (Lipinski definition) is 1. The maximum absolute atomic E-state index is 12.0. The quantitative estimate of drug-likeness (QED) is 0.672. The molecule has 4 heteroatoms. The summed E-state index contributed by atoms with van der Waals surface area (Å²) in [5, 5.41) is 4.66. The molecule has 0 aliphatic carbocycles. The number of nitrogens with zero attached hydrogens (tertiary/aromatic N) is 2. The monoisotopic (exact) mass is 335 g/mol. The number of carbonyl (C=O) groups is 1. The van der Waals surface area contributed by atoms with Gasteiger partial charge in [0.05, 0.1) is 11.1 Å². The van der Waals surface area contributed by atoms with Crippen molar-refractivity contribution >= 4 is 23.0 Å². The van der Waals surface area contributed by atoms with Crippen LogP contribution in [0.3, 0.4) is 0 Å². The van der Waals surface area contributed by atoms with Crippen LogP contribution in [0.5, 0.6) is 0 Å². The molecule has 25 heavy (non-hydrogen) atoms. The van der Waals surface area contributed by atoms with Gasteiger partial charge < -0.3 is 14.8 Å². The lowest BCUT2D eigenvalue weighted by Gasteiger charge is -2.34. The molecule has 4 rings (SSSR count). The largest absolute Gasteiger partial charge is 0.355 e. The number of piperidine rings is 1. The van der Waals surface area contributed by atoms with Gasteiger partial charge in [-0.15, -0.1) is 0 Å². The normalized spacial score (nSPS) is 23.3. The predicted molar refractivity (Wildman–Crippen MR) is 103 cm³/mol. The number of aromatic nitrogens is 1. The first-order chi connectivity index (χ1) is 12.3. The molecule has 2 bridgehead atoms. The van der Waals surface area contributed by atoms with Gasteiger partial charge in [-0.2, -0.15) is 0 Å². The molecular weight excluding hydrogens is 310 g/mol. The molecule has 1 aromatic carbocycles. The Morgan fingerprint density at radius 3 is 2.92 bits per heavy atom. The first-order valence-corrected chi connectivity index (χ1v) is 9.14. The molecule has 0 amide bonds. The van der Waals surface area contributed by atoms with Gasteiger partial charge in [0.1, 0.15) is 5.82 Å². The minimum absolute atomic E-state index is 0.545. The Morgan fingerprint density at radius 1 is 1.24 bits per heavy atom. The molecule has 4 nitrogen and oxygen atoms in total. The summed E-state index contributed by atoms with van der Waals surface area (Å²) >= 11 is 0. The standard InChI is InChI=1S/C21H25N3O/c1-2-3-4-7-10-24-20-9-6-5-8-18(20)19(15-25)21(24)23-13-16-11-17(14-23)22-12-16/h2-9,15-17,22H,10-14H2,1H3/b3-2-,7-4-. The van der Waals surface area contributed by atoms with E-state index in [1.54, 1.807) is 0 Å². The van der Waals surface area contributed by atoms with Gasteiger partial charge in [0.2, 0.25) is 0 Å². The highest BCUT2D eigenvalue weighted by Crippen LogP contribution is 2.35. The molecule has 2 aliphatic heterocycles. The molecule has 3 heterocycles. The molecule has 1 N–H and O–H groups in total. The third-order valence-electron chi connectivity index (χ3n) is 5.36. The van der Waals surface area contributed by atoms with E-state index < -0.39 is 0 Å². The van der Waals surface area contributed by atoms with Gasteiger partial charge in [-0.25, -0.2) is 0 Å². The third kappa shape index (κ3) is 2.91. The maximum atomic E-state index is 12.0. The Balaban J connectivity index is 1.81. The SMILES string of the molecule is C/C=C\C=C/Cn1c(N2CC3CNC(C3)C2)c(C=O)c2ccccc21. The Hall–Kier alpha value is -2.33. The van der Waals surface area contributed by atoms with Crippen molar-refractivity contribution in [3.05, 3.63) is 54.1 Å². The lowest BCUT2D eigenvalue weighted by molar-refractivity contribution is 0.112. The minimum Gasteiger partial charge on any atom is -0.355 e. The summed E-state index contributed by atoms with van der Waals surface area (Å²) in [5.41, 5.74) is 1.96. The number of nitrogens with one attached hydrogen (secondary N) is 1. The number of hydrogen-bond acceptors (Lipinski definition) is 3. The zero-order chi connectivity index (χ0) is 17.2. The van der Waals surface area contributed by atoms with Crippen LogP contribution in [0.25, 0.3) is 10.9 Å². The van der Waals surface area contributed by atoms with Crippen molar-refractivity contribution in [2.45, 2.75) is 25.9 Å². The highest BCUT2D eigenvalue weighted by molar-refractivity contribution is 6.04. The molecule has 1 aromatic heterocycles. The average Bonchev–Trinajstić information content (AvgIpc) is 3.15. The molecule has 2 atom stereocenters. The van der Waals surface area contributed by atoms with E-state index in [-0.39, 0.29) is 0 Å². The summed E-state index contributed by atoms with van der Waals surface area (Å²) in [6.07, 6.45) is 10.6. The van der Waals surface area contributed by atoms with Crippen molar-refractivity contribution in [1.82, 2.24) is 9.88 Å². The second-order valence-corrected chi connectivity index (χ2v) is 7.05. The smallest absolute Gasteiger partial charge is 0.154 e. The lowest BCUT2D eigenvalue weighted by Crippen LogP contribution is -2.42. The Labute approximate surface area is 148 Å². The van der Waals surface area contributed by atoms with E-state index in [4.69, 9.17) is 0 Å². The van der Waals surface area contributed by atoms with Crippen LogP contribution in [-0.2, 0) is 6.54 Å². The highest BCUT2D eigenvalue weighted by Gasteiger charge is 2.35. The third-order valence-corrected chi connectivity index (χ3v) is 5.36. The van der Waals surface area contributed by atoms with Gasteiger partial charge >= 0.3 is 0 Å². The van der Waals surface area contributed by atoms with Crippen molar-refractivity contribution in [1.29, 1.82) is 0 Å². The topological polar surface area (TPSA) is 37.3 Å². The summed E-state index contributed by atoms with van der Waals surface area (Å²) in [6, 6.07) is 8.79. The fourth-order valence-corrected chi connectivity index (χ4v) is 4.32. The van der Waals surface area contributed by atoms with Gasteiger partial charge in [0.15, 0.2) is 6.29 Å². The summed E-state index contributed by atoms with van der Waals surface area (Å²) in [4.78, 5) is 14.4. The van der Waals surface area contributed by atoms with Crippen LogP contribution in [-0.4, -0.2) is 36.5 Å². The van der Waals surface area contributed by atoms with Gasteiger partial charge in [-0.3, -0.25) is 4.79 Å². The zero-order valence-electron chi connectivity index (χ0n) is 14.7. The Bertz CT molecular complexity index is 821. The average molecular weight is 335 g/mol. The fraction of sp³-hybridized carbons (Fsp3) is 0.381. The molecule has 2 unspecified atom stereocenters. The first kappa shape index (κ1) is 16.2. The van der Waals surface area contributed by atoms with Crippen molar-refractivity contribution < 1.29 is 4.79 Å². The first-order valence-electron chi connectivity index (χ1n) is 9.14. The number of rotatable bonds is 5. The van der Waals surface area contributed by atoms with Gasteiger partial charge in [-0.1, -0.05) is 42.5 Å². The number of para-hydroxylation sites is 1. The van der Waals surface area contributed by atoms with E-state index >= 15 is 0 Å². The molecule has 0 spiro atoms. The second kappa shape index (κ2) is 6.89. The van der Waals surface area contributed by atoms with E-state index in [2.05, 4.69) is 39.1 Å². The molecule has 130 valence electrons. The van der Waals surface area contributed by atoms with Crippen LogP contribution in [0.15, 0.2) is 48.6 Å². The number of allylic oxidation sites excluding steroid dienone is 4. The number of anilines is 1. The van der Waals surface area contributed by atoms with Crippen molar-refractivity contribution in [3.63, 3.8) is 0 Å². The van der Waals surface area contributed by atoms with Gasteiger partial charge in [0, 0.05) is 37.6 Å². The molecule has 2 fully saturated rings. The number of fused-ring (bicyclic) bond motifs is 3. The number of carbonyl (C=O) groups excluding carboxylic acids is 1. The van der Waals surface area contributed by atoms with Crippen molar-refractivity contribution in [2.24, 2.45) is 5.92 Å². The van der Waals surface area contributed by atoms with Crippen LogP contribution in [0.4, 0.5) is 5.82 Å². The number of benzene rings is 1. The highest BCUT2D eigenvalue weighted by atomic mass is 16.1. The predicted octanol–water partition coefficient (Wildman–Crippen LogP) is 3.38. The van der Waals surface area contributed by atoms with Crippen LogP contribution in [0.1, 0.15) is 23.7 Å². The van der Waals surface area contributed by atoms with Crippen LogP contribution < -0.4 is 10.2 Å². The van der Waals surface area contributed by atoms with E-state index in [1.807, 2.05) is 31.2 Å². The van der Waals surface area contributed by atoms with Crippen LogP contribution >= 0.6 is 0 Å². The molecule has 0 saturated carbocycles. The second-order valence-electron chi connectivity index (χ2n) is 7.05. The van der Waals surface area contributed by atoms with Gasteiger partial charge in [-0.05, 0) is 25.3 Å². The lowest BCUT2D eigenvalue weighted by atomic mass is 9.99. The van der Waals surface area contributed by atoms with Crippen molar-refractivity contribution in [3.8, 4) is 0 Å². The summed E-state index contributed by atoms with van der Waals surface area (Å²) in [5.74, 6) is 1.77. The van der Waals surface area contributed by atoms with E-state index in [0.717, 1.165) is 54.7 Å². The maximum Gasteiger partial charge on any atom is 0.154 e. The fourth-order valence-electron chi connectivity index (χ4n) is 4.32. The summed E-state index contributed by atoms with van der Waals surface area (Å²) < 4.78 is 2.30. The number of aldehydes is 1. The van der Waals surface area contributed by atoms with Crippen LogP contribution in [0, 0.1) is 5.92 Å². The molecule has 2 aliphatic rings. The molecule has 2 aromatic rings. The molecule has 0 radical (unpaired) electrons. The Kier molecular flexibility index (Phi) is 4.45. The van der Waals surface area contributed by atoms with E-state index in [0.29, 0.717) is 12.0 Å². The van der Waals surface area contributed by atoms with Gasteiger partial charge in [0.25, 0.3) is 0 Å². The minimum atomic E-state index is 0.545. The van der Waals surface area contributed by atoms with E-state index in [1.165, 1.54) is 6.42 Å². The summed E-state index contributed by atoms with van der Waals surface area (Å²) in [6.45, 7) is 5.89. The molecular formula is C21H25N3O. The van der Waals surface area contributed by atoms with Crippen molar-refractivity contribution in [2.75, 3.05) is 24.5 Å².